The number of ether oxygens (including phenoxy) is 2. The zero-order chi connectivity index (χ0) is 21.8. The molecule has 2 aromatic rings. The third-order valence-electron chi connectivity index (χ3n) is 4.44. The zero-order valence-electron chi connectivity index (χ0n) is 17.4. The van der Waals surface area contributed by atoms with Gasteiger partial charge >= 0.3 is 0 Å². The number of nitrogens with zero attached hydrogens (tertiary/aromatic N) is 1. The van der Waals surface area contributed by atoms with Gasteiger partial charge in [0.15, 0.2) is 11.5 Å². The minimum Gasteiger partial charge on any atom is -0.490 e. The van der Waals surface area contributed by atoms with Crippen molar-refractivity contribution in [2.45, 2.75) is 40.3 Å². The molecule has 0 unspecified atom stereocenters. The molecule has 0 radical (unpaired) electrons. The highest BCUT2D eigenvalue weighted by atomic mass is 127. The van der Waals surface area contributed by atoms with E-state index in [4.69, 9.17) is 9.47 Å². The molecule has 0 atom stereocenters. The Kier molecular flexibility index (Phi) is 7.46. The van der Waals surface area contributed by atoms with E-state index in [1.165, 1.54) is 10.5 Å². The van der Waals surface area contributed by atoms with Crippen LogP contribution in [0.4, 0.5) is 4.79 Å². The highest BCUT2D eigenvalue weighted by molar-refractivity contribution is 14.1. The Morgan fingerprint density at radius 1 is 1.17 bits per heavy atom. The number of carbonyl (C=O) groups is 2. The third kappa shape index (κ3) is 5.18. The second kappa shape index (κ2) is 9.87. The van der Waals surface area contributed by atoms with Crippen LogP contribution in [0.25, 0.3) is 6.08 Å². The maximum atomic E-state index is 12.6. The van der Waals surface area contributed by atoms with Crippen LogP contribution in [0.1, 0.15) is 37.5 Å². The van der Waals surface area contributed by atoms with Crippen molar-refractivity contribution in [3.8, 4) is 11.5 Å². The van der Waals surface area contributed by atoms with Gasteiger partial charge in [-0.3, -0.25) is 14.5 Å². The van der Waals surface area contributed by atoms with Gasteiger partial charge in [-0.1, -0.05) is 29.8 Å². The topological polar surface area (TPSA) is 55.8 Å². The van der Waals surface area contributed by atoms with E-state index in [-0.39, 0.29) is 17.2 Å². The molecular formula is C23H24INO4S. The van der Waals surface area contributed by atoms with Gasteiger partial charge in [-0.15, -0.1) is 0 Å². The highest BCUT2D eigenvalue weighted by Gasteiger charge is 2.36. The largest absolute Gasteiger partial charge is 0.490 e. The second-order valence-electron chi connectivity index (χ2n) is 7.19. The maximum absolute atomic E-state index is 12.6. The quantitative estimate of drug-likeness (QED) is 0.319. The summed E-state index contributed by atoms with van der Waals surface area (Å²) in [6, 6.07) is 11.8. The zero-order valence-corrected chi connectivity index (χ0v) is 20.4. The Hall–Kier alpha value is -2.00. The van der Waals surface area contributed by atoms with Gasteiger partial charge in [-0.2, -0.15) is 0 Å². The van der Waals surface area contributed by atoms with E-state index < -0.39 is 0 Å². The molecule has 1 fully saturated rings. The number of imide groups is 1. The van der Waals surface area contributed by atoms with E-state index in [0.29, 0.717) is 29.6 Å². The summed E-state index contributed by atoms with van der Waals surface area (Å²) in [7, 11) is 0. The van der Waals surface area contributed by atoms with E-state index in [1.807, 2.05) is 45.0 Å². The normalized spacial score (nSPS) is 15.4. The van der Waals surface area contributed by atoms with Gasteiger partial charge < -0.3 is 9.47 Å². The lowest BCUT2D eigenvalue weighted by Crippen LogP contribution is -2.34. The molecule has 0 spiro atoms. The third-order valence-corrected chi connectivity index (χ3v) is 6.12. The van der Waals surface area contributed by atoms with Crippen molar-refractivity contribution >= 4 is 51.6 Å². The summed E-state index contributed by atoms with van der Waals surface area (Å²) in [6.07, 6.45) is 1.74. The van der Waals surface area contributed by atoms with E-state index >= 15 is 0 Å². The smallest absolute Gasteiger partial charge is 0.293 e. The maximum Gasteiger partial charge on any atom is 0.293 e. The number of thioether (sulfide) groups is 1. The minimum atomic E-state index is -0.257. The molecule has 1 saturated heterocycles. The summed E-state index contributed by atoms with van der Waals surface area (Å²) < 4.78 is 12.8. The van der Waals surface area contributed by atoms with E-state index in [2.05, 4.69) is 41.6 Å². The average Bonchev–Trinajstić information content (AvgIpc) is 2.94. The molecule has 2 aromatic carbocycles. The molecule has 158 valence electrons. The van der Waals surface area contributed by atoms with Crippen LogP contribution in [0.15, 0.2) is 41.3 Å². The van der Waals surface area contributed by atoms with Crippen LogP contribution in [-0.4, -0.2) is 28.7 Å². The summed E-state index contributed by atoms with van der Waals surface area (Å²) in [5, 5.41) is -0.237. The van der Waals surface area contributed by atoms with Crippen molar-refractivity contribution < 1.29 is 19.1 Å². The van der Waals surface area contributed by atoms with E-state index in [0.717, 1.165) is 26.5 Å². The van der Waals surface area contributed by atoms with Gasteiger partial charge in [0.05, 0.1) is 15.1 Å². The standard InChI is InChI=1S/C23H24INO4S/c1-5-28-19-11-17(12-20-22(26)25(14(2)3)23(27)30-20)10-18(24)21(19)29-13-16-8-6-7-15(4)9-16/h6-12,14H,5,13H2,1-4H3/b20-12+. The van der Waals surface area contributed by atoms with Crippen molar-refractivity contribution in [1.82, 2.24) is 4.90 Å². The monoisotopic (exact) mass is 537 g/mol. The first kappa shape index (κ1) is 22.7. The average molecular weight is 537 g/mol. The Bertz CT molecular complexity index is 1000. The van der Waals surface area contributed by atoms with Crippen LogP contribution < -0.4 is 9.47 Å². The first-order valence-electron chi connectivity index (χ1n) is 9.72. The highest BCUT2D eigenvalue weighted by Crippen LogP contribution is 2.38. The molecule has 30 heavy (non-hydrogen) atoms. The lowest BCUT2D eigenvalue weighted by atomic mass is 10.1. The van der Waals surface area contributed by atoms with Gasteiger partial charge in [0, 0.05) is 6.04 Å². The molecule has 0 N–H and O–H groups in total. The van der Waals surface area contributed by atoms with Crippen molar-refractivity contribution in [3.05, 3.63) is 61.6 Å². The summed E-state index contributed by atoms with van der Waals surface area (Å²) in [6.45, 7) is 8.55. The van der Waals surface area contributed by atoms with Crippen LogP contribution in [-0.2, 0) is 11.4 Å². The van der Waals surface area contributed by atoms with Crippen LogP contribution in [0.3, 0.4) is 0 Å². The molecule has 0 saturated carbocycles. The number of carbonyl (C=O) groups excluding carboxylic acids is 2. The molecular weight excluding hydrogens is 513 g/mol. The predicted molar refractivity (Wildman–Crippen MR) is 129 cm³/mol. The Labute approximate surface area is 195 Å². The second-order valence-corrected chi connectivity index (χ2v) is 9.34. The first-order chi connectivity index (χ1) is 14.3. The number of amides is 2. The molecule has 0 aromatic heterocycles. The van der Waals surface area contributed by atoms with E-state index in [1.54, 1.807) is 6.08 Å². The van der Waals surface area contributed by atoms with Gasteiger partial charge in [0.1, 0.15) is 6.61 Å². The number of halogens is 1. The van der Waals surface area contributed by atoms with Gasteiger partial charge in [0.25, 0.3) is 11.1 Å². The molecule has 0 bridgehead atoms. The minimum absolute atomic E-state index is 0.167. The molecule has 5 nitrogen and oxygen atoms in total. The number of hydrogen-bond donors (Lipinski definition) is 0. The van der Waals surface area contributed by atoms with Crippen LogP contribution in [0.2, 0.25) is 0 Å². The predicted octanol–water partition coefficient (Wildman–Crippen LogP) is 6.02. The van der Waals surface area contributed by atoms with Crippen LogP contribution in [0.5, 0.6) is 11.5 Å². The number of rotatable bonds is 7. The molecule has 3 rings (SSSR count). The Morgan fingerprint density at radius 3 is 2.57 bits per heavy atom. The van der Waals surface area contributed by atoms with Gasteiger partial charge in [-0.25, -0.2) is 0 Å². The van der Waals surface area contributed by atoms with Gasteiger partial charge in [0.2, 0.25) is 0 Å². The SMILES string of the molecule is CCOc1cc(/C=C2/SC(=O)N(C(C)C)C2=O)cc(I)c1OCc1cccc(C)c1. The Balaban J connectivity index is 1.88. The molecule has 2 amide bonds. The fraction of sp³-hybridized carbons (Fsp3) is 0.304. The molecule has 1 aliphatic rings. The van der Waals surface area contributed by atoms with Crippen molar-refractivity contribution in [2.75, 3.05) is 6.61 Å². The van der Waals surface area contributed by atoms with Gasteiger partial charge in [-0.05, 0) is 91.4 Å². The summed E-state index contributed by atoms with van der Waals surface area (Å²) in [5.74, 6) is 1.03. The molecule has 7 heteroatoms. The lowest BCUT2D eigenvalue weighted by molar-refractivity contribution is -0.123. The lowest BCUT2D eigenvalue weighted by Gasteiger charge is -2.16. The molecule has 1 heterocycles. The molecule has 0 aliphatic carbocycles. The summed E-state index contributed by atoms with van der Waals surface area (Å²) in [5.41, 5.74) is 3.06. The van der Waals surface area contributed by atoms with Crippen molar-refractivity contribution in [3.63, 3.8) is 0 Å². The number of aryl methyl sites for hydroxylation is 1. The van der Waals surface area contributed by atoms with Crippen molar-refractivity contribution in [1.29, 1.82) is 0 Å². The fourth-order valence-corrected chi connectivity index (χ4v) is 4.85. The summed E-state index contributed by atoms with van der Waals surface area (Å²) >= 11 is 3.18. The fourth-order valence-electron chi connectivity index (χ4n) is 3.11. The number of hydrogen-bond acceptors (Lipinski definition) is 5. The molecule has 1 aliphatic heterocycles. The number of benzene rings is 2. The van der Waals surface area contributed by atoms with Crippen LogP contribution >= 0.6 is 34.4 Å². The first-order valence-corrected chi connectivity index (χ1v) is 11.6. The summed E-state index contributed by atoms with van der Waals surface area (Å²) in [4.78, 5) is 26.4. The van der Waals surface area contributed by atoms with Crippen molar-refractivity contribution in [2.24, 2.45) is 0 Å². The van der Waals surface area contributed by atoms with Crippen LogP contribution in [0, 0.1) is 10.5 Å². The van der Waals surface area contributed by atoms with E-state index in [9.17, 15) is 9.59 Å². The Morgan fingerprint density at radius 2 is 1.93 bits per heavy atom.